The number of amides is 1. The maximum atomic E-state index is 13.1. The van der Waals surface area contributed by atoms with Crippen molar-refractivity contribution in [2.24, 2.45) is 0 Å². The van der Waals surface area contributed by atoms with Crippen LogP contribution >= 0.6 is 28.1 Å². The summed E-state index contributed by atoms with van der Waals surface area (Å²) in [6.07, 6.45) is 7.12. The number of hydrogen-bond donors (Lipinski definition) is 1. The van der Waals surface area contributed by atoms with Crippen LogP contribution in [0.15, 0.2) is 22.3 Å². The van der Waals surface area contributed by atoms with E-state index in [4.69, 9.17) is 26.8 Å². The second kappa shape index (κ2) is 9.13. The molecule has 0 radical (unpaired) electrons. The molecule has 1 saturated carbocycles. The number of carbonyl (C=O) groups excluding carboxylic acids is 1. The first-order chi connectivity index (χ1) is 13.8. The fourth-order valence-corrected chi connectivity index (χ4v) is 4.43. The molecule has 1 aromatic rings. The molecule has 1 aliphatic heterocycles. The van der Waals surface area contributed by atoms with Crippen molar-refractivity contribution in [1.82, 2.24) is 9.80 Å². The lowest BCUT2D eigenvalue weighted by Crippen LogP contribution is -2.41. The standard InChI is InChI=1S/C20H23BrN2O5S/c1-22-15(19(26)23(20(22)29)13-6-4-3-5-7-13)8-12-9-16(27-2)17(10-14(12)21)28-11-18(24)25/h8-10,13H,3-7,11H2,1-2H3,(H,24,25)/b15-8-. The van der Waals surface area contributed by atoms with Crippen LogP contribution in [0.2, 0.25) is 0 Å². The number of rotatable bonds is 6. The number of ether oxygens (including phenoxy) is 2. The highest BCUT2D eigenvalue weighted by atomic mass is 79.9. The van der Waals surface area contributed by atoms with Crippen molar-refractivity contribution in [3.8, 4) is 11.5 Å². The molecular formula is C20H23BrN2O5S. The molecule has 0 bridgehead atoms. The third-order valence-electron chi connectivity index (χ3n) is 5.16. The Morgan fingerprint density at radius 3 is 2.62 bits per heavy atom. The van der Waals surface area contributed by atoms with Gasteiger partial charge in [-0.15, -0.1) is 0 Å². The summed E-state index contributed by atoms with van der Waals surface area (Å²) in [5, 5.41) is 9.35. The Hall–Kier alpha value is -2.13. The van der Waals surface area contributed by atoms with Crippen molar-refractivity contribution in [3.63, 3.8) is 0 Å². The van der Waals surface area contributed by atoms with E-state index < -0.39 is 12.6 Å². The first-order valence-corrected chi connectivity index (χ1v) is 10.6. The molecule has 1 aliphatic carbocycles. The number of hydrogen-bond acceptors (Lipinski definition) is 5. The van der Waals surface area contributed by atoms with Crippen LogP contribution in [0, 0.1) is 0 Å². The number of nitrogens with zero attached hydrogens (tertiary/aromatic N) is 2. The third-order valence-corrected chi connectivity index (χ3v) is 6.32. The average molecular weight is 483 g/mol. The predicted molar refractivity (Wildman–Crippen MR) is 116 cm³/mol. The predicted octanol–water partition coefficient (Wildman–Crippen LogP) is 3.65. The zero-order valence-electron chi connectivity index (χ0n) is 16.3. The van der Waals surface area contributed by atoms with Gasteiger partial charge in [-0.3, -0.25) is 9.69 Å². The van der Waals surface area contributed by atoms with E-state index in [1.165, 1.54) is 13.5 Å². The summed E-state index contributed by atoms with van der Waals surface area (Å²) in [6.45, 7) is -0.477. The number of carboxylic acid groups (broad SMARTS) is 1. The summed E-state index contributed by atoms with van der Waals surface area (Å²) < 4.78 is 11.2. The number of carbonyl (C=O) groups is 2. The summed E-state index contributed by atoms with van der Waals surface area (Å²) in [5.74, 6) is -0.499. The summed E-state index contributed by atoms with van der Waals surface area (Å²) in [5.41, 5.74) is 1.19. The Labute approximate surface area is 183 Å². The monoisotopic (exact) mass is 482 g/mol. The van der Waals surface area contributed by atoms with Crippen LogP contribution < -0.4 is 9.47 Å². The van der Waals surface area contributed by atoms with E-state index in [0.29, 0.717) is 32.3 Å². The molecule has 3 rings (SSSR count). The minimum absolute atomic E-state index is 0.0959. The maximum Gasteiger partial charge on any atom is 0.341 e. The van der Waals surface area contributed by atoms with Gasteiger partial charge in [0.2, 0.25) is 0 Å². The zero-order chi connectivity index (χ0) is 21.1. The molecule has 1 saturated heterocycles. The van der Waals surface area contributed by atoms with E-state index in [1.54, 1.807) is 35.1 Å². The van der Waals surface area contributed by atoms with Crippen molar-refractivity contribution in [1.29, 1.82) is 0 Å². The number of likely N-dealkylation sites (N-methyl/N-ethyl adjacent to an activating group) is 1. The molecule has 9 heteroatoms. The van der Waals surface area contributed by atoms with E-state index in [2.05, 4.69) is 15.9 Å². The molecule has 7 nitrogen and oxygen atoms in total. The van der Waals surface area contributed by atoms with Gasteiger partial charge >= 0.3 is 5.97 Å². The Kier molecular flexibility index (Phi) is 6.79. The largest absolute Gasteiger partial charge is 0.493 e. The van der Waals surface area contributed by atoms with Gasteiger partial charge in [0.1, 0.15) is 5.70 Å². The number of methoxy groups -OCH3 is 1. The van der Waals surface area contributed by atoms with E-state index in [-0.39, 0.29) is 11.9 Å². The van der Waals surface area contributed by atoms with Crippen LogP contribution in [-0.4, -0.2) is 58.7 Å². The Bertz CT molecular complexity index is 867. The minimum Gasteiger partial charge on any atom is -0.493 e. The molecular weight excluding hydrogens is 460 g/mol. The lowest BCUT2D eigenvalue weighted by Gasteiger charge is -2.30. The molecule has 0 spiro atoms. The van der Waals surface area contributed by atoms with Gasteiger partial charge in [0.05, 0.1) is 7.11 Å². The van der Waals surface area contributed by atoms with Gasteiger partial charge in [-0.25, -0.2) is 4.79 Å². The molecule has 2 fully saturated rings. The minimum atomic E-state index is -1.08. The molecule has 1 aromatic carbocycles. The summed E-state index contributed by atoms with van der Waals surface area (Å²) in [6, 6.07) is 3.48. The van der Waals surface area contributed by atoms with Crippen LogP contribution in [0.3, 0.4) is 0 Å². The highest BCUT2D eigenvalue weighted by Gasteiger charge is 2.40. The van der Waals surface area contributed by atoms with E-state index in [9.17, 15) is 9.59 Å². The smallest absolute Gasteiger partial charge is 0.341 e. The molecule has 1 N–H and O–H groups in total. The van der Waals surface area contributed by atoms with Crippen LogP contribution in [-0.2, 0) is 9.59 Å². The lowest BCUT2D eigenvalue weighted by molar-refractivity contribution is -0.139. The van der Waals surface area contributed by atoms with Gasteiger partial charge in [0.25, 0.3) is 5.91 Å². The topological polar surface area (TPSA) is 79.3 Å². The van der Waals surface area contributed by atoms with Crippen molar-refractivity contribution in [2.75, 3.05) is 20.8 Å². The number of aliphatic carboxylic acids is 1. The van der Waals surface area contributed by atoms with Crippen molar-refractivity contribution >= 4 is 51.2 Å². The number of halogens is 1. The van der Waals surface area contributed by atoms with Gasteiger partial charge in [-0.2, -0.15) is 0 Å². The average Bonchev–Trinajstić information content (AvgIpc) is 2.91. The fourth-order valence-electron chi connectivity index (χ4n) is 3.66. The molecule has 1 heterocycles. The van der Waals surface area contributed by atoms with Gasteiger partial charge in [-0.05, 0) is 48.8 Å². The highest BCUT2D eigenvalue weighted by Crippen LogP contribution is 2.36. The van der Waals surface area contributed by atoms with Crippen LogP contribution in [0.1, 0.15) is 37.7 Å². The lowest BCUT2D eigenvalue weighted by atomic mass is 9.94. The van der Waals surface area contributed by atoms with E-state index in [1.807, 2.05) is 0 Å². The van der Waals surface area contributed by atoms with Gasteiger partial charge in [0.15, 0.2) is 23.2 Å². The maximum absolute atomic E-state index is 13.1. The molecule has 29 heavy (non-hydrogen) atoms. The first kappa shape index (κ1) is 21.6. The number of carboxylic acids is 1. The van der Waals surface area contributed by atoms with Gasteiger partial charge < -0.3 is 19.5 Å². The van der Waals surface area contributed by atoms with Gasteiger partial charge in [-0.1, -0.05) is 35.2 Å². The third kappa shape index (κ3) is 4.56. The second-order valence-electron chi connectivity index (χ2n) is 7.05. The molecule has 0 aromatic heterocycles. The normalized spacial score (nSPS) is 19.2. The quantitative estimate of drug-likeness (QED) is 0.489. The van der Waals surface area contributed by atoms with Crippen LogP contribution in [0.4, 0.5) is 0 Å². The summed E-state index contributed by atoms with van der Waals surface area (Å²) >= 11 is 9.02. The molecule has 156 valence electrons. The summed E-state index contributed by atoms with van der Waals surface area (Å²) in [7, 11) is 3.27. The van der Waals surface area contributed by atoms with Gasteiger partial charge in [0, 0.05) is 17.6 Å². The first-order valence-electron chi connectivity index (χ1n) is 9.38. The van der Waals surface area contributed by atoms with Crippen molar-refractivity contribution in [3.05, 3.63) is 27.9 Å². The van der Waals surface area contributed by atoms with Crippen molar-refractivity contribution < 1.29 is 24.2 Å². The van der Waals surface area contributed by atoms with E-state index >= 15 is 0 Å². The molecule has 0 atom stereocenters. The Balaban J connectivity index is 1.91. The molecule has 2 aliphatic rings. The van der Waals surface area contributed by atoms with Crippen molar-refractivity contribution in [2.45, 2.75) is 38.1 Å². The zero-order valence-corrected chi connectivity index (χ0v) is 18.7. The highest BCUT2D eigenvalue weighted by molar-refractivity contribution is 9.10. The fraction of sp³-hybridized carbons (Fsp3) is 0.450. The Morgan fingerprint density at radius 1 is 1.31 bits per heavy atom. The molecule has 0 unspecified atom stereocenters. The van der Waals surface area contributed by atoms with E-state index in [0.717, 1.165) is 25.7 Å². The number of benzene rings is 1. The van der Waals surface area contributed by atoms with Crippen LogP contribution in [0.5, 0.6) is 11.5 Å². The molecule has 1 amide bonds. The summed E-state index contributed by atoms with van der Waals surface area (Å²) in [4.78, 5) is 27.4. The van der Waals surface area contributed by atoms with Crippen LogP contribution in [0.25, 0.3) is 6.08 Å². The Morgan fingerprint density at radius 2 is 2.00 bits per heavy atom. The SMILES string of the molecule is COc1cc(/C=C2/C(=O)N(C3CCCCC3)C(=S)N2C)c(Br)cc1OCC(=O)O. The second-order valence-corrected chi connectivity index (χ2v) is 8.26. The number of thiocarbonyl (C=S) groups is 1.